The van der Waals surface area contributed by atoms with Gasteiger partial charge in [-0.05, 0) is 12.1 Å². The summed E-state index contributed by atoms with van der Waals surface area (Å²) < 4.78 is 6.34. The number of esters is 1. The second-order valence-corrected chi connectivity index (χ2v) is 3.81. The highest BCUT2D eigenvalue weighted by molar-refractivity contribution is 5.71. The van der Waals surface area contributed by atoms with E-state index in [2.05, 4.69) is 15.2 Å². The molecule has 0 aliphatic rings. The van der Waals surface area contributed by atoms with Crippen LogP contribution < -0.4 is 5.32 Å². The van der Waals surface area contributed by atoms with Gasteiger partial charge >= 0.3 is 5.97 Å². The van der Waals surface area contributed by atoms with Gasteiger partial charge < -0.3 is 10.1 Å². The van der Waals surface area contributed by atoms with Crippen molar-refractivity contribution in [2.45, 2.75) is 6.54 Å². The quantitative estimate of drug-likeness (QED) is 0.802. The number of carbonyl (C=O) groups excluding carboxylic acids is 1. The van der Waals surface area contributed by atoms with E-state index >= 15 is 0 Å². The number of nitrogens with zero attached hydrogens (tertiary/aromatic N) is 2. The molecule has 0 atom stereocenters. The van der Waals surface area contributed by atoms with Crippen molar-refractivity contribution >= 4 is 5.97 Å². The predicted octanol–water partition coefficient (Wildman–Crippen LogP) is 1.13. The number of rotatable bonds is 5. The molecule has 0 spiro atoms. The molecule has 5 heteroatoms. The Kier molecular flexibility index (Phi) is 4.09. The molecule has 2 aromatic rings. The van der Waals surface area contributed by atoms with E-state index < -0.39 is 0 Å². The van der Waals surface area contributed by atoms with Crippen molar-refractivity contribution in [1.29, 1.82) is 0 Å². The first kappa shape index (κ1) is 12.3. The van der Waals surface area contributed by atoms with Crippen LogP contribution in [0.15, 0.2) is 42.7 Å². The van der Waals surface area contributed by atoms with Crippen LogP contribution in [0.1, 0.15) is 5.56 Å². The minimum Gasteiger partial charge on any atom is -0.468 e. The van der Waals surface area contributed by atoms with Crippen LogP contribution in [0, 0.1) is 0 Å². The Hall–Kier alpha value is -2.14. The van der Waals surface area contributed by atoms with Crippen molar-refractivity contribution in [1.82, 2.24) is 15.1 Å². The van der Waals surface area contributed by atoms with E-state index in [4.69, 9.17) is 0 Å². The van der Waals surface area contributed by atoms with Crippen LogP contribution in [0.25, 0.3) is 5.69 Å². The van der Waals surface area contributed by atoms with E-state index in [0.717, 1.165) is 11.3 Å². The number of benzene rings is 1. The molecule has 0 saturated heterocycles. The van der Waals surface area contributed by atoms with Gasteiger partial charge in [-0.25, -0.2) is 4.68 Å². The van der Waals surface area contributed by atoms with Gasteiger partial charge in [0, 0.05) is 18.3 Å². The number of methoxy groups -OCH3 is 1. The van der Waals surface area contributed by atoms with Crippen molar-refractivity contribution in [3.8, 4) is 5.69 Å². The van der Waals surface area contributed by atoms with Crippen molar-refractivity contribution in [3.63, 3.8) is 0 Å². The van der Waals surface area contributed by atoms with Crippen molar-refractivity contribution < 1.29 is 9.53 Å². The van der Waals surface area contributed by atoms with Crippen LogP contribution in [-0.4, -0.2) is 29.4 Å². The predicted molar refractivity (Wildman–Crippen MR) is 67.3 cm³/mol. The lowest BCUT2D eigenvalue weighted by Gasteiger charge is -2.01. The molecule has 0 unspecified atom stereocenters. The van der Waals surface area contributed by atoms with Gasteiger partial charge in [0.2, 0.25) is 0 Å². The Morgan fingerprint density at radius 2 is 2.17 bits per heavy atom. The monoisotopic (exact) mass is 245 g/mol. The summed E-state index contributed by atoms with van der Waals surface area (Å²) in [4.78, 5) is 10.9. The van der Waals surface area contributed by atoms with Gasteiger partial charge in [-0.1, -0.05) is 18.2 Å². The van der Waals surface area contributed by atoms with Crippen molar-refractivity contribution in [2.75, 3.05) is 13.7 Å². The number of hydrogen-bond donors (Lipinski definition) is 1. The van der Waals surface area contributed by atoms with E-state index in [-0.39, 0.29) is 12.5 Å². The van der Waals surface area contributed by atoms with Crippen LogP contribution in [0.3, 0.4) is 0 Å². The highest BCUT2D eigenvalue weighted by Gasteiger charge is 2.02. The summed E-state index contributed by atoms with van der Waals surface area (Å²) in [6.45, 7) is 0.787. The molecule has 94 valence electrons. The first-order chi connectivity index (χ1) is 8.79. The van der Waals surface area contributed by atoms with Gasteiger partial charge in [0.15, 0.2) is 0 Å². The van der Waals surface area contributed by atoms with E-state index in [9.17, 15) is 4.79 Å². The largest absolute Gasteiger partial charge is 0.468 e. The second-order valence-electron chi connectivity index (χ2n) is 3.81. The van der Waals surface area contributed by atoms with Crippen molar-refractivity contribution in [2.24, 2.45) is 0 Å². The molecule has 1 N–H and O–H groups in total. The molecule has 2 rings (SSSR count). The molecule has 1 aromatic carbocycles. The number of hydrogen-bond acceptors (Lipinski definition) is 4. The van der Waals surface area contributed by atoms with E-state index in [1.165, 1.54) is 7.11 Å². The van der Waals surface area contributed by atoms with Gasteiger partial charge in [0.05, 0.1) is 25.5 Å². The molecule has 1 heterocycles. The Morgan fingerprint density at radius 1 is 1.39 bits per heavy atom. The molecule has 0 aliphatic carbocycles. The Balaban J connectivity index is 1.93. The summed E-state index contributed by atoms with van der Waals surface area (Å²) in [5.41, 5.74) is 2.03. The fourth-order valence-corrected chi connectivity index (χ4v) is 1.55. The summed E-state index contributed by atoms with van der Waals surface area (Å²) in [5, 5.41) is 7.25. The SMILES string of the molecule is COC(=O)CNCc1cnn(-c2ccccc2)c1. The number of nitrogens with one attached hydrogen (secondary N) is 1. The molecule has 0 bridgehead atoms. The van der Waals surface area contributed by atoms with E-state index in [0.29, 0.717) is 6.54 Å². The molecule has 18 heavy (non-hydrogen) atoms. The lowest BCUT2D eigenvalue weighted by Crippen LogP contribution is -2.23. The van der Waals surface area contributed by atoms with Crippen LogP contribution in [0.5, 0.6) is 0 Å². The zero-order valence-corrected chi connectivity index (χ0v) is 10.2. The van der Waals surface area contributed by atoms with Crippen LogP contribution in [-0.2, 0) is 16.1 Å². The third-order valence-corrected chi connectivity index (χ3v) is 2.48. The average Bonchev–Trinajstić information content (AvgIpc) is 2.88. The molecular formula is C13H15N3O2. The van der Waals surface area contributed by atoms with Gasteiger partial charge in [-0.15, -0.1) is 0 Å². The van der Waals surface area contributed by atoms with Gasteiger partial charge in [-0.3, -0.25) is 4.79 Å². The highest BCUT2D eigenvalue weighted by atomic mass is 16.5. The Bertz CT molecular complexity index is 508. The standard InChI is InChI=1S/C13H15N3O2/c1-18-13(17)9-14-7-11-8-15-16(10-11)12-5-3-2-4-6-12/h2-6,8,10,14H,7,9H2,1H3. The fourth-order valence-electron chi connectivity index (χ4n) is 1.55. The molecule has 0 amide bonds. The summed E-state index contributed by atoms with van der Waals surface area (Å²) >= 11 is 0. The number of ether oxygens (including phenoxy) is 1. The van der Waals surface area contributed by atoms with Crippen LogP contribution in [0.4, 0.5) is 0 Å². The lowest BCUT2D eigenvalue weighted by molar-refractivity contribution is -0.139. The molecule has 0 fully saturated rings. The number of carbonyl (C=O) groups is 1. The minimum atomic E-state index is -0.273. The Labute approximate surface area is 105 Å². The average molecular weight is 245 g/mol. The zero-order valence-electron chi connectivity index (χ0n) is 10.2. The molecule has 0 radical (unpaired) electrons. The summed E-state index contributed by atoms with van der Waals surface area (Å²) in [6.07, 6.45) is 3.71. The van der Waals surface area contributed by atoms with Crippen molar-refractivity contribution in [3.05, 3.63) is 48.3 Å². The maximum atomic E-state index is 10.9. The number of aromatic nitrogens is 2. The third kappa shape index (κ3) is 3.18. The topological polar surface area (TPSA) is 56.1 Å². The van der Waals surface area contributed by atoms with Crippen LogP contribution in [0.2, 0.25) is 0 Å². The van der Waals surface area contributed by atoms with Gasteiger partial charge in [0.25, 0.3) is 0 Å². The molecule has 1 aromatic heterocycles. The minimum absolute atomic E-state index is 0.201. The summed E-state index contributed by atoms with van der Waals surface area (Å²) in [7, 11) is 1.37. The second kappa shape index (κ2) is 5.97. The number of para-hydroxylation sites is 1. The maximum Gasteiger partial charge on any atom is 0.319 e. The normalized spacial score (nSPS) is 10.3. The smallest absolute Gasteiger partial charge is 0.319 e. The molecular weight excluding hydrogens is 230 g/mol. The first-order valence-electron chi connectivity index (χ1n) is 5.66. The zero-order chi connectivity index (χ0) is 12.8. The first-order valence-corrected chi connectivity index (χ1v) is 5.66. The highest BCUT2D eigenvalue weighted by Crippen LogP contribution is 2.07. The molecule has 5 nitrogen and oxygen atoms in total. The third-order valence-electron chi connectivity index (χ3n) is 2.48. The van der Waals surface area contributed by atoms with E-state index in [1.807, 2.05) is 36.5 Å². The van der Waals surface area contributed by atoms with Gasteiger partial charge in [-0.2, -0.15) is 5.10 Å². The lowest BCUT2D eigenvalue weighted by atomic mass is 10.3. The summed E-state index contributed by atoms with van der Waals surface area (Å²) in [5.74, 6) is -0.273. The molecule has 0 saturated carbocycles. The van der Waals surface area contributed by atoms with E-state index in [1.54, 1.807) is 10.9 Å². The van der Waals surface area contributed by atoms with Crippen LogP contribution >= 0.6 is 0 Å². The van der Waals surface area contributed by atoms with Gasteiger partial charge in [0.1, 0.15) is 0 Å². The molecule has 0 aliphatic heterocycles. The maximum absolute atomic E-state index is 10.9. The fraction of sp³-hybridized carbons (Fsp3) is 0.231. The summed E-state index contributed by atoms with van der Waals surface area (Å²) in [6, 6.07) is 9.86. The Morgan fingerprint density at radius 3 is 2.89 bits per heavy atom.